The number of aromatic nitrogens is 3. The SMILES string of the molecule is CCNc1nc(OC)nc2c(F)c(-c3ccc(F)c4sc(N)c(C#N)c34)c(C(F)(F)F)cc12.Cc1cc(C(=O)N2CCCC2)on1.FC1CC2CCCN2C1. The second kappa shape index (κ2) is 16.3. The smallest absolute Gasteiger partial charge is 0.417 e. The van der Waals surface area contributed by atoms with E-state index in [2.05, 4.69) is 25.3 Å². The third kappa shape index (κ3) is 8.13. The number of rotatable bonds is 5. The Morgan fingerprint density at radius 2 is 1.91 bits per heavy atom. The number of nitrogens with two attached hydrogens (primary N) is 1. The summed E-state index contributed by atoms with van der Waals surface area (Å²) in [5.74, 6) is -1.82. The van der Waals surface area contributed by atoms with Crippen molar-refractivity contribution in [3.63, 3.8) is 0 Å². The number of carbonyl (C=O) groups excluding carboxylic acids is 1. The van der Waals surface area contributed by atoms with Crippen molar-refractivity contribution in [2.75, 3.05) is 50.9 Å². The van der Waals surface area contributed by atoms with Crippen molar-refractivity contribution in [1.29, 1.82) is 5.26 Å². The lowest BCUT2D eigenvalue weighted by Gasteiger charge is -2.18. The lowest BCUT2D eigenvalue weighted by atomic mass is 9.92. The van der Waals surface area contributed by atoms with E-state index in [1.165, 1.54) is 20.0 Å². The van der Waals surface area contributed by atoms with Crippen LogP contribution in [0.5, 0.6) is 6.01 Å². The summed E-state index contributed by atoms with van der Waals surface area (Å²) < 4.78 is 95.1. The fourth-order valence-electron chi connectivity index (χ4n) is 7.16. The number of thiophene rings is 1. The lowest BCUT2D eigenvalue weighted by Crippen LogP contribution is -2.27. The first-order chi connectivity index (χ1) is 26.2. The van der Waals surface area contributed by atoms with Crippen LogP contribution >= 0.6 is 11.3 Å². The number of nitriles is 1. The van der Waals surface area contributed by atoms with Gasteiger partial charge >= 0.3 is 12.2 Å². The predicted molar refractivity (Wildman–Crippen MR) is 196 cm³/mol. The van der Waals surface area contributed by atoms with Crippen LogP contribution in [0.3, 0.4) is 0 Å². The van der Waals surface area contributed by atoms with E-state index < -0.39 is 40.6 Å². The Hall–Kier alpha value is -5.15. The van der Waals surface area contributed by atoms with Crippen LogP contribution in [0.2, 0.25) is 0 Å². The molecule has 0 aliphatic carbocycles. The molecule has 2 aromatic carbocycles. The fraction of sp³-hybridized carbons (Fsp3) is 0.432. The normalized spacial score (nSPS) is 18.1. The molecule has 0 bridgehead atoms. The number of benzene rings is 2. The quantitative estimate of drug-likeness (QED) is 0.168. The van der Waals surface area contributed by atoms with Crippen molar-refractivity contribution in [2.45, 2.75) is 64.3 Å². The standard InChI is InChI=1S/C21H14F5N5OS.C9H12N2O2.C7H12FN/c1-3-29-19-9-6-11(21(24,25)26)14(15(23)16(9)30-20(31-19)32-2)8-4-5-12(22)17-13(8)10(7-27)18(28)33-17;1-7-6-8(13-10-7)9(12)11-4-2-3-5-11;8-6-4-7-2-1-3-9(7)5-6/h4-6H,3,28H2,1-2H3,(H,29,30,31);6H,2-5H2,1H3;6-7H,1-5H2. The Morgan fingerprint density at radius 1 is 1.16 bits per heavy atom. The van der Waals surface area contributed by atoms with Crippen LogP contribution in [-0.4, -0.2) is 82.9 Å². The molecule has 55 heavy (non-hydrogen) atoms. The van der Waals surface area contributed by atoms with E-state index in [4.69, 9.17) is 15.0 Å². The molecule has 6 heterocycles. The number of alkyl halides is 4. The number of aryl methyl sites for hydroxylation is 1. The Balaban J connectivity index is 0.000000187. The van der Waals surface area contributed by atoms with Crippen LogP contribution in [-0.2, 0) is 6.18 Å². The van der Waals surface area contributed by atoms with Crippen molar-refractivity contribution in [3.8, 4) is 23.2 Å². The second-order valence-electron chi connectivity index (χ2n) is 13.3. The number of nitrogen functional groups attached to an aromatic ring is 1. The maximum absolute atomic E-state index is 15.9. The number of nitrogens with one attached hydrogen (secondary N) is 1. The summed E-state index contributed by atoms with van der Waals surface area (Å²) in [7, 11) is 1.23. The molecule has 3 fully saturated rings. The molecule has 0 saturated carbocycles. The highest BCUT2D eigenvalue weighted by molar-refractivity contribution is 7.23. The zero-order valence-electron chi connectivity index (χ0n) is 30.2. The number of hydrogen-bond acceptors (Lipinski definition) is 11. The Labute approximate surface area is 316 Å². The predicted octanol–water partition coefficient (Wildman–Crippen LogP) is 8.11. The third-order valence-electron chi connectivity index (χ3n) is 9.63. The minimum absolute atomic E-state index is 0.0295. The molecule has 3 saturated heterocycles. The minimum Gasteiger partial charge on any atom is -0.467 e. The number of amides is 1. The van der Waals surface area contributed by atoms with E-state index in [0.717, 1.165) is 62.8 Å². The van der Waals surface area contributed by atoms with Gasteiger partial charge in [-0.05, 0) is 70.2 Å². The van der Waals surface area contributed by atoms with Gasteiger partial charge in [0, 0.05) is 54.6 Å². The van der Waals surface area contributed by atoms with Gasteiger partial charge in [0.15, 0.2) is 5.82 Å². The summed E-state index contributed by atoms with van der Waals surface area (Å²) >= 11 is 0.698. The largest absolute Gasteiger partial charge is 0.467 e. The molecule has 1 amide bonds. The maximum atomic E-state index is 15.9. The van der Waals surface area contributed by atoms with Crippen molar-refractivity contribution >= 4 is 49.1 Å². The Kier molecular flexibility index (Phi) is 11.7. The van der Waals surface area contributed by atoms with Crippen LogP contribution in [0.25, 0.3) is 32.1 Å². The van der Waals surface area contributed by atoms with Gasteiger partial charge in [0.1, 0.15) is 34.4 Å². The molecular weight excluding hydrogens is 751 g/mol. The summed E-state index contributed by atoms with van der Waals surface area (Å²) in [6.07, 6.45) is 0.00793. The van der Waals surface area contributed by atoms with Gasteiger partial charge < -0.3 is 25.2 Å². The van der Waals surface area contributed by atoms with Gasteiger partial charge in [0.05, 0.1) is 28.6 Å². The molecule has 3 N–H and O–H groups in total. The van der Waals surface area contributed by atoms with E-state index >= 15 is 4.39 Å². The van der Waals surface area contributed by atoms with Crippen molar-refractivity contribution in [2.24, 2.45) is 0 Å². The van der Waals surface area contributed by atoms with Crippen LogP contribution in [0.1, 0.15) is 66.4 Å². The summed E-state index contributed by atoms with van der Waals surface area (Å²) in [5, 5.41) is 15.5. The van der Waals surface area contributed by atoms with Gasteiger partial charge in [0.2, 0.25) is 5.76 Å². The first-order valence-corrected chi connectivity index (χ1v) is 18.5. The molecule has 3 aliphatic heterocycles. The highest BCUT2D eigenvalue weighted by Crippen LogP contribution is 2.47. The molecular formula is C37H38F6N8O3S. The molecule has 8 rings (SSSR count). The zero-order valence-corrected chi connectivity index (χ0v) is 31.0. The van der Waals surface area contributed by atoms with Crippen LogP contribution in [0.4, 0.5) is 37.2 Å². The molecule has 2 atom stereocenters. The Morgan fingerprint density at radius 3 is 2.53 bits per heavy atom. The first-order valence-electron chi connectivity index (χ1n) is 17.7. The Bertz CT molecular complexity index is 2240. The third-order valence-corrected chi connectivity index (χ3v) is 10.7. The lowest BCUT2D eigenvalue weighted by molar-refractivity contribution is -0.137. The molecule has 5 aromatic rings. The first kappa shape index (κ1) is 39.5. The van der Waals surface area contributed by atoms with Crippen LogP contribution in [0.15, 0.2) is 28.8 Å². The average molecular weight is 789 g/mol. The van der Waals surface area contributed by atoms with Gasteiger partial charge in [-0.1, -0.05) is 11.2 Å². The van der Waals surface area contributed by atoms with E-state index in [9.17, 15) is 32.0 Å². The molecule has 11 nitrogen and oxygen atoms in total. The average Bonchev–Trinajstić information content (AvgIpc) is 3.99. The van der Waals surface area contributed by atoms with Gasteiger partial charge in [-0.2, -0.15) is 28.4 Å². The summed E-state index contributed by atoms with van der Waals surface area (Å²) in [4.78, 5) is 23.6. The topological polar surface area (TPSA) is 146 Å². The molecule has 292 valence electrons. The van der Waals surface area contributed by atoms with Crippen LogP contribution < -0.4 is 15.8 Å². The summed E-state index contributed by atoms with van der Waals surface area (Å²) in [6, 6.07) is 6.43. The van der Waals surface area contributed by atoms with Crippen molar-refractivity contribution in [1.82, 2.24) is 24.9 Å². The fourth-order valence-corrected chi connectivity index (χ4v) is 8.11. The number of anilines is 2. The minimum atomic E-state index is -5.00. The monoisotopic (exact) mass is 788 g/mol. The highest BCUT2D eigenvalue weighted by atomic mass is 32.1. The van der Waals surface area contributed by atoms with Crippen molar-refractivity contribution in [3.05, 3.63) is 58.5 Å². The molecule has 2 unspecified atom stereocenters. The molecule has 18 heteroatoms. The second-order valence-corrected chi connectivity index (χ2v) is 14.4. The number of hydrogen-bond donors (Lipinski definition) is 2. The maximum Gasteiger partial charge on any atom is 0.417 e. The number of likely N-dealkylation sites (tertiary alicyclic amines) is 1. The molecule has 3 aliphatic rings. The zero-order chi connectivity index (χ0) is 39.6. The molecule has 3 aromatic heterocycles. The molecule has 0 radical (unpaired) electrons. The number of nitrogens with zero attached hydrogens (tertiary/aromatic N) is 6. The number of fused-ring (bicyclic) bond motifs is 3. The number of ether oxygens (including phenoxy) is 1. The number of methoxy groups -OCH3 is 1. The van der Waals surface area contributed by atoms with Gasteiger partial charge in [-0.15, -0.1) is 11.3 Å². The molecule has 0 spiro atoms. The van der Waals surface area contributed by atoms with Crippen molar-refractivity contribution < 1.29 is 40.4 Å². The van der Waals surface area contributed by atoms with E-state index in [1.807, 2.05) is 6.92 Å². The van der Waals surface area contributed by atoms with Gasteiger partial charge in [-0.3, -0.25) is 9.69 Å². The number of halogens is 6. The highest BCUT2D eigenvalue weighted by Gasteiger charge is 2.38. The number of carbonyl (C=O) groups is 1. The van der Waals surface area contributed by atoms with Gasteiger partial charge in [-0.25, -0.2) is 13.2 Å². The van der Waals surface area contributed by atoms with Crippen LogP contribution in [0, 0.1) is 29.9 Å². The van der Waals surface area contributed by atoms with Gasteiger partial charge in [0.25, 0.3) is 5.91 Å². The summed E-state index contributed by atoms with van der Waals surface area (Å²) in [6.45, 7) is 7.34. The summed E-state index contributed by atoms with van der Waals surface area (Å²) in [5.41, 5.74) is 3.34. The van der Waals surface area contributed by atoms with E-state index in [-0.39, 0.29) is 55.9 Å². The van der Waals surface area contributed by atoms with E-state index in [1.54, 1.807) is 24.0 Å². The van der Waals surface area contributed by atoms with E-state index in [0.29, 0.717) is 29.7 Å².